The van der Waals surface area contributed by atoms with Crippen LogP contribution in [0.5, 0.6) is 0 Å². The van der Waals surface area contributed by atoms with Gasteiger partial charge in [0, 0.05) is 54.9 Å². The molecule has 11 heteroatoms. The van der Waals surface area contributed by atoms with Crippen molar-refractivity contribution in [3.63, 3.8) is 0 Å². The van der Waals surface area contributed by atoms with Gasteiger partial charge in [-0.25, -0.2) is 9.83 Å². The first-order chi connectivity index (χ1) is 19.5. The number of alkyl halides is 3. The molecule has 2 fully saturated rings. The summed E-state index contributed by atoms with van der Waals surface area (Å²) in [5.41, 5.74) is -0.772. The Balaban J connectivity index is 1.36. The lowest BCUT2D eigenvalue weighted by Crippen LogP contribution is -2.44. The summed E-state index contributed by atoms with van der Waals surface area (Å²) in [6, 6.07) is 14.2. The zero-order valence-corrected chi connectivity index (χ0v) is 23.1. The number of hydrogen-bond donors (Lipinski definition) is 1. The molecule has 208 valence electrons. The Kier molecular flexibility index (Phi) is 7.43. The van der Waals surface area contributed by atoms with Gasteiger partial charge >= 0.3 is 6.18 Å². The molecule has 3 heterocycles. The van der Waals surface area contributed by atoms with E-state index in [1.807, 2.05) is 12.1 Å². The summed E-state index contributed by atoms with van der Waals surface area (Å²) in [4.78, 5) is 25.8. The van der Waals surface area contributed by atoms with Crippen LogP contribution in [-0.2, 0) is 11.0 Å². The van der Waals surface area contributed by atoms with Crippen LogP contribution in [0.3, 0.4) is 0 Å². The molecule has 0 radical (unpaired) electrons. The summed E-state index contributed by atoms with van der Waals surface area (Å²) < 4.78 is 40.8. The normalized spacial score (nSPS) is 16.8. The number of rotatable bonds is 3. The molecule has 1 aromatic heterocycles. The highest BCUT2D eigenvalue weighted by Crippen LogP contribution is 2.41. The highest BCUT2D eigenvalue weighted by molar-refractivity contribution is 7.81. The van der Waals surface area contributed by atoms with Gasteiger partial charge in [0.2, 0.25) is 0 Å². The molecule has 2 saturated heterocycles. The zero-order valence-electron chi connectivity index (χ0n) is 22.3. The van der Waals surface area contributed by atoms with Crippen molar-refractivity contribution < 1.29 is 18.0 Å². The largest absolute Gasteiger partial charge is 0.407 e. The Labute approximate surface area is 241 Å². The van der Waals surface area contributed by atoms with Crippen LogP contribution < -0.4 is 20.0 Å². The summed E-state index contributed by atoms with van der Waals surface area (Å²) in [5, 5.41) is 3.36. The van der Waals surface area contributed by atoms with Crippen LogP contribution in [0.2, 0.25) is 0 Å². The number of hydrogen-bond acceptors (Lipinski definition) is 5. The van der Waals surface area contributed by atoms with Crippen molar-refractivity contribution in [1.29, 1.82) is 0 Å². The van der Waals surface area contributed by atoms with Crippen LogP contribution in [0.4, 0.5) is 36.1 Å². The van der Waals surface area contributed by atoms with Gasteiger partial charge < -0.3 is 15.1 Å². The van der Waals surface area contributed by atoms with Crippen molar-refractivity contribution in [2.45, 2.75) is 25.6 Å². The Bertz CT molecular complexity index is 1590. The number of anilines is 3. The second kappa shape index (κ2) is 10.8. The summed E-state index contributed by atoms with van der Waals surface area (Å²) in [5.74, 6) is 6.66. The summed E-state index contributed by atoms with van der Waals surface area (Å²) in [7, 11) is 0. The maximum atomic E-state index is 13.6. The van der Waals surface area contributed by atoms with Crippen LogP contribution in [0.25, 0.3) is 4.85 Å². The number of pyridine rings is 1. The second-order valence-corrected chi connectivity index (χ2v) is 10.4. The van der Waals surface area contributed by atoms with Gasteiger partial charge in [0.05, 0.1) is 12.1 Å². The van der Waals surface area contributed by atoms with E-state index in [1.54, 1.807) is 49.2 Å². The van der Waals surface area contributed by atoms with Gasteiger partial charge in [-0.3, -0.25) is 9.69 Å². The minimum atomic E-state index is -4.75. The number of benzene rings is 2. The molecule has 0 atom stereocenters. The van der Waals surface area contributed by atoms with E-state index >= 15 is 0 Å². The lowest BCUT2D eigenvalue weighted by atomic mass is 10.0. The number of nitrogens with zero attached hydrogens (tertiary/aromatic N) is 5. The lowest BCUT2D eigenvalue weighted by Gasteiger charge is -2.29. The van der Waals surface area contributed by atoms with Gasteiger partial charge in [-0.2, -0.15) is 13.2 Å². The number of carbonyl (C=O) groups excluding carboxylic acids is 1. The molecule has 2 aliphatic rings. The summed E-state index contributed by atoms with van der Waals surface area (Å²) >= 11 is 5.60. The van der Waals surface area contributed by atoms with E-state index in [9.17, 15) is 18.0 Å². The Morgan fingerprint density at radius 3 is 2.24 bits per heavy atom. The van der Waals surface area contributed by atoms with Gasteiger partial charge in [-0.1, -0.05) is 17.9 Å². The third kappa shape index (κ3) is 5.47. The molecular weight excluding hydrogens is 549 g/mol. The van der Waals surface area contributed by atoms with Crippen LogP contribution in [0.15, 0.2) is 60.8 Å². The van der Waals surface area contributed by atoms with E-state index in [0.717, 1.165) is 60.2 Å². The first-order valence-electron chi connectivity index (χ1n) is 12.8. The van der Waals surface area contributed by atoms with Crippen molar-refractivity contribution in [2.75, 3.05) is 40.9 Å². The monoisotopic (exact) mass is 574 g/mol. The van der Waals surface area contributed by atoms with Gasteiger partial charge in [-0.15, -0.1) is 0 Å². The molecule has 7 nitrogen and oxygen atoms in total. The van der Waals surface area contributed by atoms with Crippen LogP contribution in [-0.4, -0.2) is 47.7 Å². The molecule has 41 heavy (non-hydrogen) atoms. The molecule has 2 aromatic carbocycles. The number of nitrogens with one attached hydrogen (secondary N) is 1. The van der Waals surface area contributed by atoms with E-state index in [2.05, 4.69) is 31.9 Å². The van der Waals surface area contributed by atoms with Crippen molar-refractivity contribution in [2.24, 2.45) is 0 Å². The van der Waals surface area contributed by atoms with Crippen LogP contribution in [0.1, 0.15) is 30.5 Å². The SMILES string of the molecule is [C-]#[N+]c1ccc(N2C(=O)C(C)(C)N(c3ccc(C#Cc4ccc(N5CCNCC5)nc4)cc3)C2=S)cc1C(F)(F)F. The van der Waals surface area contributed by atoms with Crippen molar-refractivity contribution in [1.82, 2.24) is 10.3 Å². The quantitative estimate of drug-likeness (QED) is 0.258. The highest BCUT2D eigenvalue weighted by atomic mass is 32.1. The molecular formula is C30H25F3N6OS. The van der Waals surface area contributed by atoms with Crippen molar-refractivity contribution in [3.05, 3.63) is 88.9 Å². The fourth-order valence-electron chi connectivity index (χ4n) is 4.82. The minimum absolute atomic E-state index is 0.0400. The molecule has 0 aliphatic carbocycles. The molecule has 1 amide bonds. The third-order valence-corrected chi connectivity index (χ3v) is 7.36. The predicted molar refractivity (Wildman–Crippen MR) is 156 cm³/mol. The van der Waals surface area contributed by atoms with E-state index in [-0.39, 0.29) is 10.8 Å². The maximum Gasteiger partial charge on any atom is 0.407 e. The molecule has 0 unspecified atom stereocenters. The number of amides is 1. The van der Waals surface area contributed by atoms with E-state index in [4.69, 9.17) is 18.8 Å². The van der Waals surface area contributed by atoms with Gasteiger partial charge in [0.25, 0.3) is 5.91 Å². The zero-order chi connectivity index (χ0) is 29.4. The molecule has 1 N–H and O–H groups in total. The number of thiocarbonyl (C=S) groups is 1. The van der Waals surface area contributed by atoms with Gasteiger partial charge in [0.1, 0.15) is 11.4 Å². The average molecular weight is 575 g/mol. The fourth-order valence-corrected chi connectivity index (χ4v) is 5.34. The predicted octanol–water partition coefficient (Wildman–Crippen LogP) is 5.38. The third-order valence-electron chi connectivity index (χ3n) is 7.00. The van der Waals surface area contributed by atoms with Crippen molar-refractivity contribution in [3.8, 4) is 11.8 Å². The molecule has 3 aromatic rings. The second-order valence-electron chi connectivity index (χ2n) is 10.1. The highest BCUT2D eigenvalue weighted by Gasteiger charge is 2.50. The Hall–Kier alpha value is -4.45. The van der Waals surface area contributed by atoms with Crippen molar-refractivity contribution >= 4 is 46.1 Å². The smallest absolute Gasteiger partial charge is 0.354 e. The minimum Gasteiger partial charge on any atom is -0.354 e. The lowest BCUT2D eigenvalue weighted by molar-refractivity contribution is -0.136. The number of piperazine rings is 1. The summed E-state index contributed by atoms with van der Waals surface area (Å²) in [6.07, 6.45) is -3.01. The topological polar surface area (TPSA) is 56.1 Å². The van der Waals surface area contributed by atoms with E-state index in [0.29, 0.717) is 5.69 Å². The summed E-state index contributed by atoms with van der Waals surface area (Å²) in [6.45, 7) is 14.1. The Morgan fingerprint density at radius 1 is 1.00 bits per heavy atom. The number of carbonyl (C=O) groups is 1. The Morgan fingerprint density at radius 2 is 1.63 bits per heavy atom. The van der Waals surface area contributed by atoms with Gasteiger partial charge in [0.15, 0.2) is 10.8 Å². The van der Waals surface area contributed by atoms with E-state index in [1.165, 1.54) is 6.07 Å². The molecule has 0 saturated carbocycles. The van der Waals surface area contributed by atoms with Gasteiger partial charge in [-0.05, 0) is 74.6 Å². The maximum absolute atomic E-state index is 13.6. The van der Waals surface area contributed by atoms with Crippen LogP contribution >= 0.6 is 12.2 Å². The average Bonchev–Trinajstić information content (AvgIpc) is 3.15. The molecule has 5 rings (SSSR count). The van der Waals surface area contributed by atoms with E-state index < -0.39 is 28.9 Å². The molecule has 0 spiro atoms. The fraction of sp³-hybridized carbons (Fsp3) is 0.267. The first-order valence-corrected chi connectivity index (χ1v) is 13.2. The first kappa shape index (κ1) is 28.1. The van der Waals surface area contributed by atoms with Crippen LogP contribution in [0, 0.1) is 18.4 Å². The number of aromatic nitrogens is 1. The molecule has 0 bridgehead atoms. The standard InChI is InChI=1S/C30H25F3N6OS/c1-29(2)27(40)38(23-11-12-25(34-3)24(18-23)30(31,32)33)28(41)39(29)22-9-6-20(7-10-22)4-5-21-8-13-26(36-19-21)37-16-14-35-15-17-37/h6-13,18-19,35H,14-17H2,1-2H3. The molecule has 2 aliphatic heterocycles. The number of halogens is 3.